The summed E-state index contributed by atoms with van der Waals surface area (Å²) < 4.78 is 38.5. The second kappa shape index (κ2) is 10.6. The largest absolute Gasteiger partial charge is 0.493 e. The molecule has 3 rings (SSSR count). The lowest BCUT2D eigenvalue weighted by Gasteiger charge is -2.24. The van der Waals surface area contributed by atoms with Crippen molar-refractivity contribution in [2.45, 2.75) is 11.8 Å². The van der Waals surface area contributed by atoms with Gasteiger partial charge in [0.2, 0.25) is 0 Å². The van der Waals surface area contributed by atoms with Crippen LogP contribution in [0.15, 0.2) is 76.9 Å². The number of hydrogen-bond acceptors (Lipinski definition) is 7. The molecule has 33 heavy (non-hydrogen) atoms. The van der Waals surface area contributed by atoms with Gasteiger partial charge in [-0.25, -0.2) is 13.8 Å². The summed E-state index contributed by atoms with van der Waals surface area (Å²) >= 11 is 0. The van der Waals surface area contributed by atoms with Crippen LogP contribution in [0.5, 0.6) is 11.5 Å². The highest BCUT2D eigenvalue weighted by molar-refractivity contribution is 7.92. The predicted octanol–water partition coefficient (Wildman–Crippen LogP) is 2.75. The molecule has 0 atom stereocenters. The first kappa shape index (κ1) is 23.7. The molecule has 0 fully saturated rings. The normalized spacial score (nSPS) is 11.2. The minimum absolute atomic E-state index is 0.0505. The number of hydrazone groups is 1. The zero-order chi connectivity index (χ0) is 23.8. The number of pyridine rings is 1. The first-order chi connectivity index (χ1) is 15.8. The Bertz CT molecular complexity index is 1230. The van der Waals surface area contributed by atoms with Crippen molar-refractivity contribution >= 4 is 27.8 Å². The van der Waals surface area contributed by atoms with Gasteiger partial charge in [-0.3, -0.25) is 14.1 Å². The summed E-state index contributed by atoms with van der Waals surface area (Å²) in [6.07, 6.45) is 2.97. The van der Waals surface area contributed by atoms with Gasteiger partial charge in [-0.15, -0.1) is 0 Å². The highest BCUT2D eigenvalue weighted by Gasteiger charge is 2.28. The maximum Gasteiger partial charge on any atom is 0.264 e. The minimum atomic E-state index is -4.12. The van der Waals surface area contributed by atoms with E-state index in [2.05, 4.69) is 15.5 Å². The number of carbonyl (C=O) groups excluding carboxylic acids is 1. The molecule has 1 N–H and O–H groups in total. The molecule has 2 aromatic carbocycles. The molecule has 1 aromatic heterocycles. The van der Waals surface area contributed by atoms with Crippen molar-refractivity contribution in [2.75, 3.05) is 25.1 Å². The molecule has 0 saturated carbocycles. The number of nitrogens with zero attached hydrogens (tertiary/aromatic N) is 3. The van der Waals surface area contributed by atoms with Crippen LogP contribution in [0.25, 0.3) is 0 Å². The number of benzene rings is 2. The molecule has 0 saturated heterocycles. The second-order valence-electron chi connectivity index (χ2n) is 6.91. The van der Waals surface area contributed by atoms with Crippen LogP contribution in [0.4, 0.5) is 5.69 Å². The standard InChI is InChI=1S/C23H24N4O5S/c1-17-7-9-19(10-8-17)27(16-23(28)26-25-15-18-6-4-5-13-24-18)33(29,30)20-11-12-21(31-2)22(14-20)32-3/h4-15H,16H2,1-3H3,(H,26,28)/b25-15-. The van der Waals surface area contributed by atoms with E-state index in [1.165, 1.54) is 38.6 Å². The summed E-state index contributed by atoms with van der Waals surface area (Å²) in [5.74, 6) is 0.0265. The monoisotopic (exact) mass is 468 g/mol. The van der Waals surface area contributed by atoms with E-state index in [1.807, 2.05) is 6.92 Å². The Morgan fingerprint density at radius 3 is 2.42 bits per heavy atom. The zero-order valence-corrected chi connectivity index (χ0v) is 19.2. The van der Waals surface area contributed by atoms with Crippen LogP contribution in [-0.4, -0.2) is 46.3 Å². The van der Waals surface area contributed by atoms with Gasteiger partial charge in [0.1, 0.15) is 6.54 Å². The summed E-state index contributed by atoms with van der Waals surface area (Å²) in [6.45, 7) is 1.40. The fourth-order valence-electron chi connectivity index (χ4n) is 2.92. The first-order valence-corrected chi connectivity index (χ1v) is 11.3. The maximum atomic E-state index is 13.5. The second-order valence-corrected chi connectivity index (χ2v) is 8.77. The molecule has 0 spiro atoms. The van der Waals surface area contributed by atoms with E-state index in [0.29, 0.717) is 17.1 Å². The number of ether oxygens (including phenoxy) is 2. The lowest BCUT2D eigenvalue weighted by atomic mass is 10.2. The number of hydrogen-bond donors (Lipinski definition) is 1. The van der Waals surface area contributed by atoms with E-state index in [0.717, 1.165) is 9.87 Å². The van der Waals surface area contributed by atoms with E-state index < -0.39 is 22.5 Å². The van der Waals surface area contributed by atoms with Gasteiger partial charge in [0, 0.05) is 12.3 Å². The Balaban J connectivity index is 1.90. The Morgan fingerprint density at radius 1 is 1.06 bits per heavy atom. The molecule has 0 radical (unpaired) electrons. The summed E-state index contributed by atoms with van der Waals surface area (Å²) in [5, 5.41) is 3.86. The molecule has 172 valence electrons. The fraction of sp³-hybridized carbons (Fsp3) is 0.174. The summed E-state index contributed by atoms with van der Waals surface area (Å²) in [4.78, 5) is 16.6. The van der Waals surface area contributed by atoms with Crippen molar-refractivity contribution in [3.8, 4) is 11.5 Å². The van der Waals surface area contributed by atoms with Crippen molar-refractivity contribution in [3.63, 3.8) is 0 Å². The van der Waals surface area contributed by atoms with Crippen molar-refractivity contribution in [1.29, 1.82) is 0 Å². The summed E-state index contributed by atoms with van der Waals surface area (Å²) in [6, 6.07) is 16.3. The molecular formula is C23H24N4O5S. The Morgan fingerprint density at radius 2 is 1.79 bits per heavy atom. The predicted molar refractivity (Wildman–Crippen MR) is 125 cm³/mol. The Hall–Kier alpha value is -3.92. The van der Waals surface area contributed by atoms with Crippen LogP contribution in [0.1, 0.15) is 11.3 Å². The van der Waals surface area contributed by atoms with Crippen LogP contribution in [0.3, 0.4) is 0 Å². The van der Waals surface area contributed by atoms with Crippen LogP contribution in [0, 0.1) is 6.92 Å². The minimum Gasteiger partial charge on any atom is -0.493 e. The van der Waals surface area contributed by atoms with Gasteiger partial charge in [0.25, 0.3) is 15.9 Å². The number of sulfonamides is 1. The lowest BCUT2D eigenvalue weighted by Crippen LogP contribution is -2.39. The third-order valence-corrected chi connectivity index (χ3v) is 6.40. The number of aromatic nitrogens is 1. The van der Waals surface area contributed by atoms with Crippen molar-refractivity contribution in [3.05, 3.63) is 78.1 Å². The van der Waals surface area contributed by atoms with Crippen LogP contribution < -0.4 is 19.2 Å². The van der Waals surface area contributed by atoms with Gasteiger partial charge < -0.3 is 9.47 Å². The molecule has 1 heterocycles. The molecule has 0 unspecified atom stereocenters. The van der Waals surface area contributed by atoms with Crippen molar-refractivity contribution < 1.29 is 22.7 Å². The van der Waals surface area contributed by atoms with E-state index in [1.54, 1.807) is 48.7 Å². The first-order valence-electron chi connectivity index (χ1n) is 9.89. The van der Waals surface area contributed by atoms with Gasteiger partial charge in [-0.05, 0) is 43.3 Å². The average molecular weight is 469 g/mol. The quantitative estimate of drug-likeness (QED) is 0.382. The molecule has 0 aliphatic rings. The molecule has 0 aliphatic heterocycles. The maximum absolute atomic E-state index is 13.5. The van der Waals surface area contributed by atoms with Gasteiger partial charge >= 0.3 is 0 Å². The number of carbonyl (C=O) groups is 1. The van der Waals surface area contributed by atoms with Gasteiger partial charge in [0.05, 0.1) is 36.7 Å². The fourth-order valence-corrected chi connectivity index (χ4v) is 4.36. The topological polar surface area (TPSA) is 110 Å². The van der Waals surface area contributed by atoms with Crippen molar-refractivity contribution in [2.24, 2.45) is 5.10 Å². The highest BCUT2D eigenvalue weighted by Crippen LogP contribution is 2.32. The van der Waals surface area contributed by atoms with Gasteiger partial charge in [-0.1, -0.05) is 23.8 Å². The summed E-state index contributed by atoms with van der Waals surface area (Å²) in [7, 11) is -1.25. The van der Waals surface area contributed by atoms with E-state index >= 15 is 0 Å². The molecular weight excluding hydrogens is 444 g/mol. The molecule has 0 bridgehead atoms. The number of rotatable bonds is 9. The number of anilines is 1. The molecule has 3 aromatic rings. The molecule has 0 aliphatic carbocycles. The highest BCUT2D eigenvalue weighted by atomic mass is 32.2. The number of methoxy groups -OCH3 is 2. The van der Waals surface area contributed by atoms with Gasteiger partial charge in [0.15, 0.2) is 11.5 Å². The number of nitrogens with one attached hydrogen (secondary N) is 1. The SMILES string of the molecule is COc1ccc(S(=O)(=O)N(CC(=O)N/N=C\c2ccccn2)c2ccc(C)cc2)cc1OC. The smallest absolute Gasteiger partial charge is 0.264 e. The van der Waals surface area contributed by atoms with Crippen LogP contribution >= 0.6 is 0 Å². The third-order valence-electron chi connectivity index (χ3n) is 4.63. The van der Waals surface area contributed by atoms with Crippen molar-refractivity contribution in [1.82, 2.24) is 10.4 Å². The van der Waals surface area contributed by atoms with Gasteiger partial charge in [-0.2, -0.15) is 5.10 Å². The Labute approximate surface area is 192 Å². The average Bonchev–Trinajstić information content (AvgIpc) is 2.83. The van der Waals surface area contributed by atoms with E-state index in [-0.39, 0.29) is 10.6 Å². The number of aryl methyl sites for hydroxylation is 1. The van der Waals surface area contributed by atoms with Crippen LogP contribution in [0.2, 0.25) is 0 Å². The summed E-state index contributed by atoms with van der Waals surface area (Å²) in [5.41, 5.74) is 4.18. The third kappa shape index (κ3) is 5.86. The molecule has 1 amide bonds. The van der Waals surface area contributed by atoms with E-state index in [4.69, 9.17) is 9.47 Å². The van der Waals surface area contributed by atoms with Crippen LogP contribution in [-0.2, 0) is 14.8 Å². The Kier molecular flexibility index (Phi) is 7.62. The zero-order valence-electron chi connectivity index (χ0n) is 18.4. The lowest BCUT2D eigenvalue weighted by molar-refractivity contribution is -0.119. The molecule has 10 heteroatoms. The van der Waals surface area contributed by atoms with E-state index in [9.17, 15) is 13.2 Å². The molecule has 9 nitrogen and oxygen atoms in total. The number of amides is 1.